The zero-order valence-electron chi connectivity index (χ0n) is 10.3. The fraction of sp³-hybridized carbons (Fsp3) is 0.643. The molecule has 1 amide bonds. The molecule has 1 aliphatic carbocycles. The maximum Gasteiger partial charge on any atom is 0.261 e. The molecule has 0 aromatic carbocycles. The van der Waals surface area contributed by atoms with E-state index < -0.39 is 0 Å². The number of carbonyl (C=O) groups excluding carboxylic acids is 1. The Balaban J connectivity index is 1.50. The van der Waals surface area contributed by atoms with Crippen LogP contribution in [0.15, 0.2) is 17.5 Å². The Morgan fingerprint density at radius 2 is 2.06 bits per heavy atom. The third-order valence-electron chi connectivity index (χ3n) is 4.83. The summed E-state index contributed by atoms with van der Waals surface area (Å²) >= 11 is 1.53. The average Bonchev–Trinajstić information content (AvgIpc) is 2.86. The van der Waals surface area contributed by atoms with Crippen LogP contribution < -0.4 is 5.32 Å². The minimum absolute atomic E-state index is 0.137. The smallest absolute Gasteiger partial charge is 0.261 e. The van der Waals surface area contributed by atoms with Crippen LogP contribution in [0.3, 0.4) is 0 Å². The van der Waals surface area contributed by atoms with Crippen molar-refractivity contribution >= 4 is 17.2 Å². The Morgan fingerprint density at radius 1 is 1.28 bits per heavy atom. The molecule has 4 heterocycles. The molecule has 5 rings (SSSR count). The molecule has 4 fully saturated rings. The first-order valence-electron chi connectivity index (χ1n) is 6.86. The lowest BCUT2D eigenvalue weighted by Crippen LogP contribution is -2.64. The van der Waals surface area contributed by atoms with Gasteiger partial charge in [0.15, 0.2) is 0 Å². The Bertz CT molecular complexity index is 428. The molecule has 3 aliphatic heterocycles. The van der Waals surface area contributed by atoms with E-state index in [4.69, 9.17) is 0 Å². The Kier molecular flexibility index (Phi) is 2.49. The monoisotopic (exact) mass is 262 g/mol. The highest BCUT2D eigenvalue weighted by Gasteiger charge is 2.47. The Labute approximate surface area is 111 Å². The quantitative estimate of drug-likeness (QED) is 0.881. The van der Waals surface area contributed by atoms with E-state index in [0.717, 1.165) is 10.8 Å². The molecule has 3 saturated heterocycles. The molecule has 1 saturated carbocycles. The van der Waals surface area contributed by atoms with Crippen LogP contribution in [0, 0.1) is 17.8 Å². The van der Waals surface area contributed by atoms with E-state index in [2.05, 4.69) is 10.2 Å². The molecule has 18 heavy (non-hydrogen) atoms. The summed E-state index contributed by atoms with van der Waals surface area (Å²) in [5, 5.41) is 5.28. The van der Waals surface area contributed by atoms with Gasteiger partial charge >= 0.3 is 0 Å². The summed E-state index contributed by atoms with van der Waals surface area (Å²) in [6, 6.07) is 4.29. The van der Waals surface area contributed by atoms with Crippen molar-refractivity contribution in [3.8, 4) is 0 Å². The molecular weight excluding hydrogens is 244 g/mol. The van der Waals surface area contributed by atoms with Crippen molar-refractivity contribution < 1.29 is 4.79 Å². The van der Waals surface area contributed by atoms with Crippen molar-refractivity contribution in [3.63, 3.8) is 0 Å². The Hall–Kier alpha value is -0.870. The number of rotatable bonds is 2. The van der Waals surface area contributed by atoms with Gasteiger partial charge in [0.2, 0.25) is 0 Å². The van der Waals surface area contributed by atoms with E-state index >= 15 is 0 Å². The number of hydrogen-bond acceptors (Lipinski definition) is 3. The van der Waals surface area contributed by atoms with Crippen LogP contribution in [0.2, 0.25) is 0 Å². The molecule has 4 bridgehead atoms. The molecular formula is C14H18N2OS. The molecule has 5 atom stereocenters. The predicted molar refractivity (Wildman–Crippen MR) is 71.7 cm³/mol. The fourth-order valence-electron chi connectivity index (χ4n) is 4.27. The molecule has 1 N–H and O–H groups in total. The number of piperidine rings is 3. The van der Waals surface area contributed by atoms with Crippen molar-refractivity contribution in [2.45, 2.75) is 18.9 Å². The summed E-state index contributed by atoms with van der Waals surface area (Å²) < 4.78 is 0. The van der Waals surface area contributed by atoms with Crippen LogP contribution in [0.25, 0.3) is 0 Å². The van der Waals surface area contributed by atoms with Crippen LogP contribution in [0.4, 0.5) is 0 Å². The normalized spacial score (nSPS) is 41.0. The first-order chi connectivity index (χ1) is 8.79. The number of carbonyl (C=O) groups is 1. The zero-order valence-corrected chi connectivity index (χ0v) is 11.2. The number of thiophene rings is 1. The van der Waals surface area contributed by atoms with Gasteiger partial charge in [0, 0.05) is 25.7 Å². The summed E-state index contributed by atoms with van der Waals surface area (Å²) in [6.45, 7) is 3.70. The maximum atomic E-state index is 12.2. The maximum absolute atomic E-state index is 12.2. The molecule has 0 radical (unpaired) electrons. The number of nitrogens with one attached hydrogen (secondary N) is 1. The van der Waals surface area contributed by atoms with Gasteiger partial charge in [-0.2, -0.15) is 0 Å². The highest BCUT2D eigenvalue weighted by Crippen LogP contribution is 2.43. The largest absolute Gasteiger partial charge is 0.348 e. The summed E-state index contributed by atoms with van der Waals surface area (Å²) in [4.78, 5) is 15.6. The van der Waals surface area contributed by atoms with E-state index in [1.54, 1.807) is 0 Å². The zero-order chi connectivity index (χ0) is 12.1. The second-order valence-electron chi connectivity index (χ2n) is 6.05. The first kappa shape index (κ1) is 11.0. The highest BCUT2D eigenvalue weighted by atomic mass is 32.1. The van der Waals surface area contributed by atoms with Crippen LogP contribution in [-0.2, 0) is 0 Å². The minimum atomic E-state index is 0.137. The summed E-state index contributed by atoms with van der Waals surface area (Å²) in [7, 11) is 0. The number of nitrogens with zero attached hydrogens (tertiary/aromatic N) is 1. The number of amides is 1. The fourth-order valence-corrected chi connectivity index (χ4v) is 4.90. The molecule has 4 heteroatoms. The van der Waals surface area contributed by atoms with E-state index in [-0.39, 0.29) is 5.91 Å². The van der Waals surface area contributed by atoms with Gasteiger partial charge in [0.1, 0.15) is 0 Å². The summed E-state index contributed by atoms with van der Waals surface area (Å²) in [5.41, 5.74) is 0. The lowest BCUT2D eigenvalue weighted by Gasteiger charge is -2.55. The molecule has 96 valence electrons. The topological polar surface area (TPSA) is 32.3 Å². The standard InChI is InChI=1S/C14H18N2OS/c17-14(12-2-1-3-18-12)15-13-10-4-9-5-11(13)8-16(6-9)7-10/h1-3,9-11,13H,4-8H2,(H,15,17)/t9?,10-,11+,13?. The second kappa shape index (κ2) is 4.07. The third-order valence-corrected chi connectivity index (χ3v) is 5.70. The third kappa shape index (κ3) is 1.70. The molecule has 3 nitrogen and oxygen atoms in total. The van der Waals surface area contributed by atoms with E-state index in [1.165, 1.54) is 43.8 Å². The van der Waals surface area contributed by atoms with Gasteiger partial charge in [-0.15, -0.1) is 11.3 Å². The van der Waals surface area contributed by atoms with Crippen molar-refractivity contribution in [1.82, 2.24) is 10.2 Å². The van der Waals surface area contributed by atoms with Gasteiger partial charge in [-0.25, -0.2) is 0 Å². The minimum Gasteiger partial charge on any atom is -0.348 e. The van der Waals surface area contributed by atoms with Gasteiger partial charge in [0.05, 0.1) is 4.88 Å². The molecule has 4 aliphatic rings. The van der Waals surface area contributed by atoms with Crippen LogP contribution in [-0.4, -0.2) is 36.5 Å². The molecule has 3 unspecified atom stereocenters. The molecule has 1 aromatic heterocycles. The van der Waals surface area contributed by atoms with E-state index in [1.807, 2.05) is 17.5 Å². The van der Waals surface area contributed by atoms with Gasteiger partial charge in [0.25, 0.3) is 5.91 Å². The van der Waals surface area contributed by atoms with Gasteiger partial charge in [-0.05, 0) is 42.0 Å². The van der Waals surface area contributed by atoms with Crippen molar-refractivity contribution in [2.75, 3.05) is 19.6 Å². The summed E-state index contributed by atoms with van der Waals surface area (Å²) in [5.74, 6) is 2.43. The molecule has 0 spiro atoms. The SMILES string of the molecule is O=C(NC1[C@@H]2CC3C[C@H]1CN(C3)C2)c1cccs1. The van der Waals surface area contributed by atoms with Crippen LogP contribution in [0.1, 0.15) is 22.5 Å². The highest BCUT2D eigenvalue weighted by molar-refractivity contribution is 7.12. The number of hydrogen-bond donors (Lipinski definition) is 1. The lowest BCUT2D eigenvalue weighted by atomic mass is 9.65. The Morgan fingerprint density at radius 3 is 2.67 bits per heavy atom. The van der Waals surface area contributed by atoms with Gasteiger partial charge < -0.3 is 10.2 Å². The van der Waals surface area contributed by atoms with E-state index in [9.17, 15) is 4.79 Å². The van der Waals surface area contributed by atoms with E-state index in [0.29, 0.717) is 17.9 Å². The predicted octanol–water partition coefficient (Wildman–Crippen LogP) is 1.82. The van der Waals surface area contributed by atoms with Crippen molar-refractivity contribution in [3.05, 3.63) is 22.4 Å². The second-order valence-corrected chi connectivity index (χ2v) is 7.00. The summed E-state index contributed by atoms with van der Waals surface area (Å²) in [6.07, 6.45) is 2.64. The van der Waals surface area contributed by atoms with Crippen LogP contribution in [0.5, 0.6) is 0 Å². The average molecular weight is 262 g/mol. The lowest BCUT2D eigenvalue weighted by molar-refractivity contribution is -0.0418. The first-order valence-corrected chi connectivity index (χ1v) is 7.74. The van der Waals surface area contributed by atoms with Gasteiger partial charge in [-0.3, -0.25) is 4.79 Å². The van der Waals surface area contributed by atoms with Crippen molar-refractivity contribution in [1.29, 1.82) is 0 Å². The van der Waals surface area contributed by atoms with Gasteiger partial charge in [-0.1, -0.05) is 6.07 Å². The molecule has 1 aromatic rings. The van der Waals surface area contributed by atoms with Crippen LogP contribution >= 0.6 is 11.3 Å². The van der Waals surface area contributed by atoms with Crippen molar-refractivity contribution in [2.24, 2.45) is 17.8 Å².